The Morgan fingerprint density at radius 3 is 2.59 bits per heavy atom. The van der Waals surface area contributed by atoms with Crippen molar-refractivity contribution in [1.29, 1.82) is 0 Å². The number of hydrogen-bond acceptors (Lipinski definition) is 5. The van der Waals surface area contributed by atoms with E-state index in [1.54, 1.807) is 17.6 Å². The van der Waals surface area contributed by atoms with Crippen molar-refractivity contribution in [3.05, 3.63) is 58.6 Å². The number of aromatic nitrogens is 1. The normalized spacial score (nSPS) is 11.6. The first kappa shape index (κ1) is 18.8. The SMILES string of the molecule is CCOC(=O)Cn1c(=NC(=O)c2ccc(F)cc2)sc2cccc(OC)c21. The fourth-order valence-corrected chi connectivity index (χ4v) is 3.62. The van der Waals surface area contributed by atoms with Gasteiger partial charge in [-0.05, 0) is 43.3 Å². The molecule has 0 bridgehead atoms. The Morgan fingerprint density at radius 1 is 1.19 bits per heavy atom. The van der Waals surface area contributed by atoms with Crippen LogP contribution >= 0.6 is 11.3 Å². The average Bonchev–Trinajstić information content (AvgIpc) is 2.99. The molecule has 0 aliphatic rings. The number of rotatable bonds is 5. The zero-order chi connectivity index (χ0) is 19.4. The molecule has 0 saturated carbocycles. The van der Waals surface area contributed by atoms with Gasteiger partial charge in [-0.15, -0.1) is 0 Å². The Kier molecular flexibility index (Phi) is 5.66. The third kappa shape index (κ3) is 4.06. The van der Waals surface area contributed by atoms with E-state index < -0.39 is 17.7 Å². The summed E-state index contributed by atoms with van der Waals surface area (Å²) in [5.74, 6) is -0.851. The summed E-state index contributed by atoms with van der Waals surface area (Å²) in [5.41, 5.74) is 0.909. The number of fused-ring (bicyclic) bond motifs is 1. The molecule has 0 atom stereocenters. The average molecular weight is 388 g/mol. The molecule has 0 radical (unpaired) electrons. The molecule has 0 aliphatic carbocycles. The van der Waals surface area contributed by atoms with E-state index in [1.807, 2.05) is 12.1 Å². The second kappa shape index (κ2) is 8.13. The van der Waals surface area contributed by atoms with Crippen molar-refractivity contribution in [2.24, 2.45) is 4.99 Å². The third-order valence-electron chi connectivity index (χ3n) is 3.76. The molecular weight excluding hydrogens is 371 g/mol. The molecule has 0 aliphatic heterocycles. The Balaban J connectivity index is 2.14. The van der Waals surface area contributed by atoms with E-state index in [4.69, 9.17) is 9.47 Å². The van der Waals surface area contributed by atoms with Gasteiger partial charge in [0.05, 0.1) is 18.4 Å². The van der Waals surface area contributed by atoms with Crippen molar-refractivity contribution >= 4 is 33.4 Å². The number of para-hydroxylation sites is 1. The predicted molar refractivity (Wildman–Crippen MR) is 99.3 cm³/mol. The monoisotopic (exact) mass is 388 g/mol. The highest BCUT2D eigenvalue weighted by Gasteiger charge is 2.16. The zero-order valence-electron chi connectivity index (χ0n) is 14.8. The first-order chi connectivity index (χ1) is 13.0. The summed E-state index contributed by atoms with van der Waals surface area (Å²) in [6, 6.07) is 10.6. The van der Waals surface area contributed by atoms with Gasteiger partial charge in [0.1, 0.15) is 23.6 Å². The van der Waals surface area contributed by atoms with Crippen molar-refractivity contribution < 1.29 is 23.5 Å². The maximum absolute atomic E-state index is 13.1. The number of carbonyl (C=O) groups excluding carboxylic acids is 2. The minimum atomic E-state index is -0.530. The predicted octanol–water partition coefficient (Wildman–Crippen LogP) is 3.15. The van der Waals surface area contributed by atoms with E-state index in [-0.39, 0.29) is 18.7 Å². The summed E-state index contributed by atoms with van der Waals surface area (Å²) < 4.78 is 25.9. The summed E-state index contributed by atoms with van der Waals surface area (Å²) in [6.45, 7) is 1.86. The maximum atomic E-state index is 13.1. The van der Waals surface area contributed by atoms with Gasteiger partial charge in [0.2, 0.25) is 0 Å². The lowest BCUT2D eigenvalue weighted by atomic mass is 10.2. The number of methoxy groups -OCH3 is 1. The molecule has 0 fully saturated rings. The van der Waals surface area contributed by atoms with Gasteiger partial charge in [-0.2, -0.15) is 4.99 Å². The summed E-state index contributed by atoms with van der Waals surface area (Å²) >= 11 is 1.25. The van der Waals surface area contributed by atoms with Crippen LogP contribution in [0.15, 0.2) is 47.5 Å². The number of benzene rings is 2. The smallest absolute Gasteiger partial charge is 0.326 e. The van der Waals surface area contributed by atoms with Crippen LogP contribution in [0.2, 0.25) is 0 Å². The molecule has 27 heavy (non-hydrogen) atoms. The van der Waals surface area contributed by atoms with Gasteiger partial charge in [-0.3, -0.25) is 9.59 Å². The molecule has 0 N–H and O–H groups in total. The molecule has 2 aromatic carbocycles. The fourth-order valence-electron chi connectivity index (χ4n) is 2.57. The molecular formula is C19H17FN2O4S. The lowest BCUT2D eigenvalue weighted by Gasteiger charge is -2.08. The number of hydrogen-bond donors (Lipinski definition) is 0. The Labute approximate surface area is 158 Å². The van der Waals surface area contributed by atoms with Gasteiger partial charge in [-0.1, -0.05) is 17.4 Å². The van der Waals surface area contributed by atoms with Crippen LogP contribution < -0.4 is 9.54 Å². The van der Waals surface area contributed by atoms with Crippen molar-refractivity contribution in [3.63, 3.8) is 0 Å². The molecule has 3 rings (SSSR count). The number of halogens is 1. The van der Waals surface area contributed by atoms with Crippen LogP contribution in [0.25, 0.3) is 10.2 Å². The molecule has 0 spiro atoms. The van der Waals surface area contributed by atoms with Crippen LogP contribution in [-0.2, 0) is 16.1 Å². The maximum Gasteiger partial charge on any atom is 0.326 e. The topological polar surface area (TPSA) is 69.9 Å². The highest BCUT2D eigenvalue weighted by atomic mass is 32.1. The van der Waals surface area contributed by atoms with Crippen LogP contribution in [0.3, 0.4) is 0 Å². The minimum Gasteiger partial charge on any atom is -0.495 e. The van der Waals surface area contributed by atoms with Crippen LogP contribution in [-0.4, -0.2) is 30.2 Å². The molecule has 1 heterocycles. The third-order valence-corrected chi connectivity index (χ3v) is 4.81. The zero-order valence-corrected chi connectivity index (χ0v) is 15.6. The highest BCUT2D eigenvalue weighted by Crippen LogP contribution is 2.27. The van der Waals surface area contributed by atoms with Gasteiger partial charge in [0.15, 0.2) is 4.80 Å². The number of ether oxygens (including phenoxy) is 2. The Morgan fingerprint density at radius 2 is 1.93 bits per heavy atom. The quantitative estimate of drug-likeness (QED) is 0.630. The van der Waals surface area contributed by atoms with Crippen LogP contribution in [0, 0.1) is 5.82 Å². The van der Waals surface area contributed by atoms with E-state index in [9.17, 15) is 14.0 Å². The van der Waals surface area contributed by atoms with E-state index >= 15 is 0 Å². The number of amides is 1. The van der Waals surface area contributed by atoms with Crippen molar-refractivity contribution in [1.82, 2.24) is 4.57 Å². The van der Waals surface area contributed by atoms with Gasteiger partial charge in [0.25, 0.3) is 5.91 Å². The number of esters is 1. The van der Waals surface area contributed by atoms with Gasteiger partial charge >= 0.3 is 5.97 Å². The van der Waals surface area contributed by atoms with Gasteiger partial charge < -0.3 is 14.0 Å². The molecule has 0 unspecified atom stereocenters. The second-order valence-corrected chi connectivity index (χ2v) is 6.52. The molecule has 140 valence electrons. The molecule has 8 heteroatoms. The molecule has 3 aromatic rings. The highest BCUT2D eigenvalue weighted by molar-refractivity contribution is 7.16. The minimum absolute atomic E-state index is 0.107. The number of carbonyl (C=O) groups is 2. The Bertz CT molecular complexity index is 1050. The van der Waals surface area contributed by atoms with E-state index in [0.717, 1.165) is 4.70 Å². The summed E-state index contributed by atoms with van der Waals surface area (Å²) in [5, 5.41) is 0. The van der Waals surface area contributed by atoms with Crippen molar-refractivity contribution in [2.45, 2.75) is 13.5 Å². The molecule has 0 saturated heterocycles. The first-order valence-corrected chi connectivity index (χ1v) is 9.01. The summed E-state index contributed by atoms with van der Waals surface area (Å²) in [4.78, 5) is 29.0. The van der Waals surface area contributed by atoms with E-state index in [0.29, 0.717) is 16.1 Å². The lowest BCUT2D eigenvalue weighted by molar-refractivity contribution is -0.143. The summed E-state index contributed by atoms with van der Waals surface area (Å²) in [6.07, 6.45) is 0. The summed E-state index contributed by atoms with van der Waals surface area (Å²) in [7, 11) is 1.53. The Hall–Kier alpha value is -3.00. The number of nitrogens with zero attached hydrogens (tertiary/aromatic N) is 2. The molecule has 1 amide bonds. The van der Waals surface area contributed by atoms with Crippen LogP contribution in [0.4, 0.5) is 4.39 Å². The van der Waals surface area contributed by atoms with Crippen LogP contribution in [0.5, 0.6) is 5.75 Å². The van der Waals surface area contributed by atoms with Gasteiger partial charge in [0, 0.05) is 5.56 Å². The first-order valence-electron chi connectivity index (χ1n) is 8.20. The largest absolute Gasteiger partial charge is 0.495 e. The molecule has 6 nitrogen and oxygen atoms in total. The lowest BCUT2D eigenvalue weighted by Crippen LogP contribution is -2.23. The van der Waals surface area contributed by atoms with Crippen molar-refractivity contribution in [3.8, 4) is 5.75 Å². The standard InChI is InChI=1S/C19H17FN2O4S/c1-3-26-16(23)11-22-17-14(25-2)5-4-6-15(17)27-19(22)21-18(24)12-7-9-13(20)10-8-12/h4-10H,3,11H2,1-2H3. The number of thiazole rings is 1. The fraction of sp³-hybridized carbons (Fsp3) is 0.211. The van der Waals surface area contributed by atoms with Gasteiger partial charge in [-0.25, -0.2) is 4.39 Å². The second-order valence-electron chi connectivity index (χ2n) is 5.51. The van der Waals surface area contributed by atoms with Crippen molar-refractivity contribution in [2.75, 3.05) is 13.7 Å². The van der Waals surface area contributed by atoms with E-state index in [1.165, 1.54) is 42.7 Å². The van der Waals surface area contributed by atoms with Crippen LogP contribution in [0.1, 0.15) is 17.3 Å². The molecule has 1 aromatic heterocycles. The van der Waals surface area contributed by atoms with E-state index in [2.05, 4.69) is 4.99 Å².